The Kier molecular flexibility index (Phi) is 5.69. The molecule has 6 heteroatoms. The Morgan fingerprint density at radius 3 is 2.28 bits per heavy atom. The molecule has 162 valence electrons. The summed E-state index contributed by atoms with van der Waals surface area (Å²) in [5, 5.41) is 0. The molecule has 0 aliphatic carbocycles. The standard InChI is InChI=1S/C26H23NO5/c1-16-13-21(31-26(29)18-7-11-20(30-4)12-8-18)15-22-24(16)25(28)23(32-22)14-17-5-9-19(10-6-17)27(2)3/h5-15H,1-4H3/b23-14-. The summed E-state index contributed by atoms with van der Waals surface area (Å²) in [5.74, 6) is 0.877. The highest BCUT2D eigenvalue weighted by atomic mass is 16.5. The molecule has 1 aliphatic rings. The van der Waals surface area contributed by atoms with E-state index in [9.17, 15) is 9.59 Å². The number of Topliss-reactive ketones (excluding diaryl/α,β-unsaturated/α-hetero) is 1. The van der Waals surface area contributed by atoms with Crippen LogP contribution in [0, 0.1) is 6.92 Å². The molecule has 0 atom stereocenters. The van der Waals surface area contributed by atoms with E-state index in [0.29, 0.717) is 33.9 Å². The minimum absolute atomic E-state index is 0.192. The van der Waals surface area contributed by atoms with Crippen molar-refractivity contribution in [2.24, 2.45) is 0 Å². The SMILES string of the molecule is COc1ccc(C(=O)Oc2cc(C)c3c(c2)O/C(=C\c2ccc(N(C)C)cc2)C3=O)cc1. The molecular formula is C26H23NO5. The van der Waals surface area contributed by atoms with Gasteiger partial charge < -0.3 is 19.1 Å². The highest BCUT2D eigenvalue weighted by Crippen LogP contribution is 2.37. The Balaban J connectivity index is 1.55. The van der Waals surface area contributed by atoms with Crippen molar-refractivity contribution in [1.82, 2.24) is 0 Å². The van der Waals surface area contributed by atoms with Gasteiger partial charge in [-0.2, -0.15) is 0 Å². The Bertz CT molecular complexity index is 1210. The second-order valence-corrected chi connectivity index (χ2v) is 7.66. The lowest BCUT2D eigenvalue weighted by Crippen LogP contribution is -2.08. The lowest BCUT2D eigenvalue weighted by atomic mass is 10.0. The third-order valence-corrected chi connectivity index (χ3v) is 5.19. The quantitative estimate of drug-likeness (QED) is 0.326. The number of hydrogen-bond donors (Lipinski definition) is 0. The molecule has 0 fully saturated rings. The molecule has 32 heavy (non-hydrogen) atoms. The second kappa shape index (κ2) is 8.59. The summed E-state index contributed by atoms with van der Waals surface area (Å²) in [5.41, 5.74) is 3.47. The largest absolute Gasteiger partial charge is 0.497 e. The number of esters is 1. The van der Waals surface area contributed by atoms with Gasteiger partial charge in [-0.3, -0.25) is 4.79 Å². The second-order valence-electron chi connectivity index (χ2n) is 7.66. The van der Waals surface area contributed by atoms with Gasteiger partial charge in [-0.1, -0.05) is 12.1 Å². The molecule has 0 spiro atoms. The van der Waals surface area contributed by atoms with Crippen molar-refractivity contribution in [3.05, 3.63) is 88.7 Å². The molecule has 0 radical (unpaired) electrons. The fourth-order valence-corrected chi connectivity index (χ4v) is 3.45. The maximum atomic E-state index is 12.9. The van der Waals surface area contributed by atoms with Crippen molar-refractivity contribution in [3.8, 4) is 17.2 Å². The molecule has 4 rings (SSSR count). The van der Waals surface area contributed by atoms with Crippen molar-refractivity contribution in [3.63, 3.8) is 0 Å². The maximum Gasteiger partial charge on any atom is 0.343 e. The van der Waals surface area contributed by atoms with Gasteiger partial charge >= 0.3 is 5.97 Å². The Labute approximate surface area is 186 Å². The van der Waals surface area contributed by atoms with Gasteiger partial charge in [0.2, 0.25) is 5.78 Å². The Morgan fingerprint density at radius 2 is 1.66 bits per heavy atom. The fourth-order valence-electron chi connectivity index (χ4n) is 3.45. The van der Waals surface area contributed by atoms with Gasteiger partial charge in [0, 0.05) is 25.8 Å². The van der Waals surface area contributed by atoms with Crippen LogP contribution >= 0.6 is 0 Å². The topological polar surface area (TPSA) is 65.1 Å². The van der Waals surface area contributed by atoms with Gasteiger partial charge in [0.1, 0.15) is 17.2 Å². The molecule has 0 saturated heterocycles. The van der Waals surface area contributed by atoms with Crippen molar-refractivity contribution in [1.29, 1.82) is 0 Å². The zero-order valence-electron chi connectivity index (χ0n) is 18.3. The van der Waals surface area contributed by atoms with Gasteiger partial charge in [0.15, 0.2) is 5.76 Å². The summed E-state index contributed by atoms with van der Waals surface area (Å²) >= 11 is 0. The highest BCUT2D eigenvalue weighted by molar-refractivity contribution is 6.15. The predicted octanol–water partition coefficient (Wildman–Crippen LogP) is 4.91. The number of methoxy groups -OCH3 is 1. The lowest BCUT2D eigenvalue weighted by molar-refractivity contribution is 0.0734. The van der Waals surface area contributed by atoms with Crippen LogP contribution in [0.5, 0.6) is 17.2 Å². The van der Waals surface area contributed by atoms with E-state index in [0.717, 1.165) is 11.3 Å². The zero-order chi connectivity index (χ0) is 22.8. The molecule has 1 aliphatic heterocycles. The van der Waals surface area contributed by atoms with E-state index in [-0.39, 0.29) is 11.5 Å². The van der Waals surface area contributed by atoms with E-state index in [1.807, 2.05) is 43.3 Å². The van der Waals surface area contributed by atoms with E-state index in [2.05, 4.69) is 0 Å². The molecular weight excluding hydrogens is 406 g/mol. The van der Waals surface area contributed by atoms with E-state index in [4.69, 9.17) is 14.2 Å². The molecule has 0 saturated carbocycles. The van der Waals surface area contributed by atoms with Crippen LogP contribution in [0.25, 0.3) is 6.08 Å². The van der Waals surface area contributed by atoms with Crippen LogP contribution in [0.3, 0.4) is 0 Å². The van der Waals surface area contributed by atoms with Crippen LogP contribution < -0.4 is 19.1 Å². The first-order chi connectivity index (χ1) is 15.4. The average Bonchev–Trinajstić information content (AvgIpc) is 3.09. The van der Waals surface area contributed by atoms with Crippen LogP contribution in [0.4, 0.5) is 5.69 Å². The van der Waals surface area contributed by atoms with E-state index in [1.165, 1.54) is 0 Å². The number of ether oxygens (including phenoxy) is 3. The van der Waals surface area contributed by atoms with Crippen molar-refractivity contribution in [2.75, 3.05) is 26.1 Å². The van der Waals surface area contributed by atoms with Gasteiger partial charge in [0.25, 0.3) is 0 Å². The monoisotopic (exact) mass is 429 g/mol. The Hall–Kier alpha value is -4.06. The molecule has 1 heterocycles. The number of carbonyl (C=O) groups is 2. The fraction of sp³-hybridized carbons (Fsp3) is 0.154. The minimum atomic E-state index is -0.506. The molecule has 0 aromatic heterocycles. The van der Waals surface area contributed by atoms with Crippen molar-refractivity contribution in [2.45, 2.75) is 6.92 Å². The summed E-state index contributed by atoms with van der Waals surface area (Å²) in [6.07, 6.45) is 1.71. The van der Waals surface area contributed by atoms with Crippen LogP contribution in [0.15, 0.2) is 66.4 Å². The van der Waals surface area contributed by atoms with Gasteiger partial charge in [0.05, 0.1) is 18.2 Å². The van der Waals surface area contributed by atoms with Crippen molar-refractivity contribution < 1.29 is 23.8 Å². The van der Waals surface area contributed by atoms with E-state index >= 15 is 0 Å². The number of allylic oxidation sites excluding steroid dienone is 1. The first kappa shape index (κ1) is 21.2. The van der Waals surface area contributed by atoms with Crippen LogP contribution in [0.1, 0.15) is 31.8 Å². The number of benzene rings is 3. The first-order valence-corrected chi connectivity index (χ1v) is 10.1. The predicted molar refractivity (Wildman–Crippen MR) is 123 cm³/mol. The van der Waals surface area contributed by atoms with E-state index in [1.54, 1.807) is 56.5 Å². The molecule has 6 nitrogen and oxygen atoms in total. The molecule has 0 N–H and O–H groups in total. The molecule has 0 amide bonds. The number of fused-ring (bicyclic) bond motifs is 1. The highest BCUT2D eigenvalue weighted by Gasteiger charge is 2.30. The number of hydrogen-bond acceptors (Lipinski definition) is 6. The summed E-state index contributed by atoms with van der Waals surface area (Å²) in [7, 11) is 5.49. The number of rotatable bonds is 5. The number of ketones is 1. The smallest absolute Gasteiger partial charge is 0.343 e. The molecule has 3 aromatic rings. The molecule has 0 bridgehead atoms. The number of aryl methyl sites for hydroxylation is 1. The van der Waals surface area contributed by atoms with Crippen molar-refractivity contribution >= 4 is 23.5 Å². The van der Waals surface area contributed by atoms with Gasteiger partial charge in [-0.15, -0.1) is 0 Å². The van der Waals surface area contributed by atoms with Gasteiger partial charge in [-0.25, -0.2) is 4.79 Å². The van der Waals surface area contributed by atoms with E-state index < -0.39 is 5.97 Å². The molecule has 0 unspecified atom stereocenters. The zero-order valence-corrected chi connectivity index (χ0v) is 18.3. The normalized spacial score (nSPS) is 13.5. The third-order valence-electron chi connectivity index (χ3n) is 5.19. The van der Waals surface area contributed by atoms with Gasteiger partial charge in [-0.05, 0) is 66.6 Å². The summed E-state index contributed by atoms with van der Waals surface area (Å²) in [6, 6.07) is 17.7. The summed E-state index contributed by atoms with van der Waals surface area (Å²) < 4.78 is 16.4. The summed E-state index contributed by atoms with van der Waals surface area (Å²) in [4.78, 5) is 27.4. The van der Waals surface area contributed by atoms with Crippen LogP contribution in [0.2, 0.25) is 0 Å². The number of carbonyl (C=O) groups excluding carboxylic acids is 2. The molecule has 3 aromatic carbocycles. The first-order valence-electron chi connectivity index (χ1n) is 10.1. The minimum Gasteiger partial charge on any atom is -0.497 e. The lowest BCUT2D eigenvalue weighted by Gasteiger charge is -2.11. The number of nitrogens with zero attached hydrogens (tertiary/aromatic N) is 1. The van der Waals surface area contributed by atoms with Crippen LogP contribution in [-0.4, -0.2) is 33.0 Å². The summed E-state index contributed by atoms with van der Waals surface area (Å²) in [6.45, 7) is 1.79. The number of anilines is 1. The Morgan fingerprint density at radius 1 is 0.969 bits per heavy atom. The average molecular weight is 429 g/mol. The third kappa shape index (κ3) is 4.21. The maximum absolute atomic E-state index is 12.9. The van der Waals surface area contributed by atoms with Crippen LogP contribution in [-0.2, 0) is 0 Å².